The molecule has 1 aromatic rings. The first-order chi connectivity index (χ1) is 10.6. The quantitative estimate of drug-likeness (QED) is 0.907. The monoisotopic (exact) mass is 301 g/mol. The molecule has 1 aromatic carbocycles. The third-order valence-electron chi connectivity index (χ3n) is 4.54. The number of carbonyl (C=O) groups excluding carboxylic acids is 2. The van der Waals surface area contributed by atoms with Crippen LogP contribution in [0.4, 0.5) is 5.69 Å². The third-order valence-corrected chi connectivity index (χ3v) is 4.54. The molecule has 2 saturated heterocycles. The van der Waals surface area contributed by atoms with E-state index in [-0.39, 0.29) is 24.9 Å². The summed E-state index contributed by atoms with van der Waals surface area (Å²) in [4.78, 5) is 27.1. The molecule has 2 amide bonds. The lowest BCUT2D eigenvalue weighted by molar-refractivity contribution is -0.136. The van der Waals surface area contributed by atoms with Crippen LogP contribution in [0.5, 0.6) is 0 Å². The van der Waals surface area contributed by atoms with Gasteiger partial charge in [0.2, 0.25) is 11.8 Å². The Labute approximate surface area is 131 Å². The molecule has 2 aliphatic heterocycles. The van der Waals surface area contributed by atoms with Gasteiger partial charge in [-0.3, -0.25) is 9.59 Å². The van der Waals surface area contributed by atoms with Gasteiger partial charge in [-0.15, -0.1) is 0 Å². The van der Waals surface area contributed by atoms with Gasteiger partial charge in [0.25, 0.3) is 0 Å². The predicted octanol–water partition coefficient (Wildman–Crippen LogP) is 1.03. The fraction of sp³-hybridized carbons (Fsp3) is 0.529. The summed E-state index contributed by atoms with van der Waals surface area (Å²) in [5.41, 5.74) is 2.08. The number of nitrogens with zero attached hydrogens (tertiary/aromatic N) is 2. The lowest BCUT2D eigenvalue weighted by Gasteiger charge is -2.32. The Hall–Kier alpha value is -1.88. The molecular weight excluding hydrogens is 278 g/mol. The van der Waals surface area contributed by atoms with Gasteiger partial charge in [-0.1, -0.05) is 12.1 Å². The maximum atomic E-state index is 12.2. The normalized spacial score (nSPS) is 23.0. The van der Waals surface area contributed by atoms with Gasteiger partial charge in [-0.25, -0.2) is 0 Å². The molecule has 5 nitrogen and oxygen atoms in total. The highest BCUT2D eigenvalue weighted by atomic mass is 16.2. The molecule has 1 unspecified atom stereocenters. The van der Waals surface area contributed by atoms with Crippen molar-refractivity contribution < 1.29 is 9.59 Å². The molecular formula is C17H23N3O2. The van der Waals surface area contributed by atoms with E-state index in [0.717, 1.165) is 25.2 Å². The molecule has 118 valence electrons. The molecule has 2 heterocycles. The van der Waals surface area contributed by atoms with Gasteiger partial charge in [-0.05, 0) is 56.0 Å². The van der Waals surface area contributed by atoms with Crippen molar-refractivity contribution in [2.24, 2.45) is 5.92 Å². The first-order valence-corrected chi connectivity index (χ1v) is 7.97. The van der Waals surface area contributed by atoms with Crippen LogP contribution in [0.3, 0.4) is 0 Å². The highest BCUT2D eigenvalue weighted by Crippen LogP contribution is 2.22. The number of piperidine rings is 1. The van der Waals surface area contributed by atoms with Gasteiger partial charge in [0.15, 0.2) is 0 Å². The maximum Gasteiger partial charge on any atom is 0.247 e. The Morgan fingerprint density at radius 1 is 1.23 bits per heavy atom. The van der Waals surface area contributed by atoms with Crippen molar-refractivity contribution in [2.75, 3.05) is 38.1 Å². The van der Waals surface area contributed by atoms with E-state index in [1.807, 2.05) is 12.1 Å². The molecule has 0 spiro atoms. The van der Waals surface area contributed by atoms with Gasteiger partial charge in [0.1, 0.15) is 6.54 Å². The number of anilines is 1. The van der Waals surface area contributed by atoms with Crippen molar-refractivity contribution in [1.29, 1.82) is 0 Å². The smallest absolute Gasteiger partial charge is 0.247 e. The number of hydrogen-bond acceptors (Lipinski definition) is 3. The van der Waals surface area contributed by atoms with Crippen LogP contribution in [0.1, 0.15) is 18.4 Å². The summed E-state index contributed by atoms with van der Waals surface area (Å²) >= 11 is 0. The van der Waals surface area contributed by atoms with E-state index >= 15 is 0 Å². The third kappa shape index (κ3) is 3.30. The Kier molecular flexibility index (Phi) is 4.43. The molecule has 2 aliphatic rings. The molecule has 3 rings (SSSR count). The van der Waals surface area contributed by atoms with Crippen LogP contribution in [0.25, 0.3) is 0 Å². The Bertz CT molecular complexity index is 567. The van der Waals surface area contributed by atoms with E-state index in [0.29, 0.717) is 5.92 Å². The predicted molar refractivity (Wildman–Crippen MR) is 85.7 cm³/mol. The molecule has 5 heteroatoms. The SMILES string of the molecule is CN1CC(=O)N(c2cccc(CC3CCCNC3)c2)CC1=O. The number of likely N-dealkylation sites (N-methyl/N-ethyl adjacent to an activating group) is 1. The second kappa shape index (κ2) is 6.48. The zero-order valence-electron chi connectivity index (χ0n) is 13.0. The summed E-state index contributed by atoms with van der Waals surface area (Å²) in [5, 5.41) is 3.44. The zero-order chi connectivity index (χ0) is 15.5. The van der Waals surface area contributed by atoms with Crippen molar-refractivity contribution in [1.82, 2.24) is 10.2 Å². The van der Waals surface area contributed by atoms with E-state index in [1.54, 1.807) is 11.9 Å². The number of amides is 2. The Morgan fingerprint density at radius 2 is 2.09 bits per heavy atom. The molecule has 0 saturated carbocycles. The number of rotatable bonds is 3. The minimum atomic E-state index is -0.0152. The maximum absolute atomic E-state index is 12.2. The van der Waals surface area contributed by atoms with Crippen LogP contribution in [0, 0.1) is 5.92 Å². The van der Waals surface area contributed by atoms with Crippen molar-refractivity contribution in [2.45, 2.75) is 19.3 Å². The number of piperazine rings is 1. The van der Waals surface area contributed by atoms with Crippen LogP contribution in [-0.4, -0.2) is 49.9 Å². The van der Waals surface area contributed by atoms with Crippen LogP contribution >= 0.6 is 0 Å². The number of benzene rings is 1. The van der Waals surface area contributed by atoms with Crippen LogP contribution < -0.4 is 10.2 Å². The standard InChI is InChI=1S/C17H23N3O2/c1-19-11-17(22)20(12-16(19)21)15-6-2-4-13(9-15)8-14-5-3-7-18-10-14/h2,4,6,9,14,18H,3,5,7-8,10-12H2,1H3. The highest BCUT2D eigenvalue weighted by Gasteiger charge is 2.28. The second-order valence-electron chi connectivity index (χ2n) is 6.32. The summed E-state index contributed by atoms with van der Waals surface area (Å²) in [6, 6.07) is 8.07. The number of carbonyl (C=O) groups is 2. The summed E-state index contributed by atoms with van der Waals surface area (Å²) < 4.78 is 0. The first kappa shape index (κ1) is 15.0. The zero-order valence-corrected chi connectivity index (χ0v) is 13.0. The second-order valence-corrected chi connectivity index (χ2v) is 6.32. The minimum absolute atomic E-state index is 0.0125. The fourth-order valence-electron chi connectivity index (χ4n) is 3.24. The summed E-state index contributed by atoms with van der Waals surface area (Å²) in [5.74, 6) is 0.633. The Balaban J connectivity index is 1.73. The molecule has 0 bridgehead atoms. The van der Waals surface area contributed by atoms with Crippen LogP contribution in [-0.2, 0) is 16.0 Å². The van der Waals surface area contributed by atoms with Gasteiger partial charge >= 0.3 is 0 Å². The van der Waals surface area contributed by atoms with Crippen LogP contribution in [0.2, 0.25) is 0 Å². The largest absolute Gasteiger partial charge is 0.335 e. The fourth-order valence-corrected chi connectivity index (χ4v) is 3.24. The number of hydrogen-bond donors (Lipinski definition) is 1. The number of nitrogens with one attached hydrogen (secondary N) is 1. The van der Waals surface area contributed by atoms with Crippen molar-refractivity contribution in [3.05, 3.63) is 29.8 Å². The molecule has 1 atom stereocenters. The van der Waals surface area contributed by atoms with Crippen LogP contribution in [0.15, 0.2) is 24.3 Å². The van der Waals surface area contributed by atoms with Crippen molar-refractivity contribution in [3.63, 3.8) is 0 Å². The molecule has 0 aliphatic carbocycles. The lowest BCUT2D eigenvalue weighted by Crippen LogP contribution is -2.52. The van der Waals surface area contributed by atoms with Gasteiger partial charge in [0.05, 0.1) is 6.54 Å². The summed E-state index contributed by atoms with van der Waals surface area (Å²) in [6.07, 6.45) is 3.51. The lowest BCUT2D eigenvalue weighted by atomic mass is 9.92. The minimum Gasteiger partial charge on any atom is -0.335 e. The summed E-state index contributed by atoms with van der Waals surface area (Å²) in [7, 11) is 1.67. The Morgan fingerprint density at radius 3 is 2.86 bits per heavy atom. The van der Waals surface area contributed by atoms with E-state index < -0.39 is 0 Å². The topological polar surface area (TPSA) is 52.7 Å². The average Bonchev–Trinajstić information content (AvgIpc) is 2.52. The summed E-state index contributed by atoms with van der Waals surface area (Å²) in [6.45, 7) is 2.49. The van der Waals surface area contributed by atoms with Gasteiger partial charge in [0, 0.05) is 12.7 Å². The average molecular weight is 301 g/mol. The van der Waals surface area contributed by atoms with E-state index in [9.17, 15) is 9.59 Å². The molecule has 1 N–H and O–H groups in total. The first-order valence-electron chi connectivity index (χ1n) is 7.97. The van der Waals surface area contributed by atoms with Gasteiger partial charge < -0.3 is 15.1 Å². The van der Waals surface area contributed by atoms with Crippen molar-refractivity contribution >= 4 is 17.5 Å². The van der Waals surface area contributed by atoms with E-state index in [4.69, 9.17) is 0 Å². The highest BCUT2D eigenvalue weighted by molar-refractivity contribution is 6.04. The molecule has 0 aromatic heterocycles. The van der Waals surface area contributed by atoms with Crippen molar-refractivity contribution in [3.8, 4) is 0 Å². The molecule has 2 fully saturated rings. The molecule has 22 heavy (non-hydrogen) atoms. The van der Waals surface area contributed by atoms with E-state index in [2.05, 4.69) is 17.4 Å². The van der Waals surface area contributed by atoms with E-state index in [1.165, 1.54) is 23.3 Å². The van der Waals surface area contributed by atoms with Gasteiger partial charge in [-0.2, -0.15) is 0 Å². The molecule has 0 radical (unpaired) electrons.